The summed E-state index contributed by atoms with van der Waals surface area (Å²) in [7, 11) is 0. The average Bonchev–Trinajstić information content (AvgIpc) is 2.65. The smallest absolute Gasteiger partial charge is 0.404 e. The number of hydrogen-bond donors (Lipinski definition) is 2. The van der Waals surface area contributed by atoms with Crippen LogP contribution in [0.4, 0.5) is 4.79 Å². The van der Waals surface area contributed by atoms with Crippen LogP contribution in [0.15, 0.2) is 5.10 Å². The number of rotatable bonds is 8. The maximum atomic E-state index is 11.6. The molecule has 2 amide bonds. The summed E-state index contributed by atoms with van der Waals surface area (Å²) < 4.78 is 0. The van der Waals surface area contributed by atoms with Gasteiger partial charge in [-0.3, -0.25) is 4.79 Å². The van der Waals surface area contributed by atoms with Gasteiger partial charge in [-0.15, -0.1) is 0 Å². The van der Waals surface area contributed by atoms with Crippen LogP contribution in [0.1, 0.15) is 45.4 Å². The molecule has 0 aliphatic carbocycles. The number of hydrazone groups is 1. The number of nitrogens with one attached hydrogen (secondary N) is 1. The molecule has 0 spiro atoms. The minimum Gasteiger partial charge on any atom is -0.465 e. The van der Waals surface area contributed by atoms with Gasteiger partial charge in [-0.05, 0) is 6.42 Å². The lowest BCUT2D eigenvalue weighted by Crippen LogP contribution is -2.23. The number of carbonyl (C=O) groups excluding carboxylic acids is 1. The van der Waals surface area contributed by atoms with E-state index in [1.807, 2.05) is 0 Å². The Balaban J connectivity index is 2.25. The quantitative estimate of drug-likeness (QED) is 0.649. The first-order valence-electron chi connectivity index (χ1n) is 6.47. The van der Waals surface area contributed by atoms with Crippen LogP contribution in [0, 0.1) is 0 Å². The molecule has 0 saturated carbocycles. The van der Waals surface area contributed by atoms with Gasteiger partial charge in [0.05, 0.1) is 6.42 Å². The highest BCUT2D eigenvalue weighted by molar-refractivity contribution is 6.05. The molecule has 0 aromatic heterocycles. The van der Waals surface area contributed by atoms with Gasteiger partial charge in [-0.2, -0.15) is 5.10 Å². The van der Waals surface area contributed by atoms with Crippen molar-refractivity contribution in [2.45, 2.75) is 45.4 Å². The summed E-state index contributed by atoms with van der Waals surface area (Å²) >= 11 is 0. The molecule has 0 unspecified atom stereocenters. The molecule has 6 nitrogen and oxygen atoms in total. The highest BCUT2D eigenvalue weighted by Gasteiger charge is 2.22. The normalized spacial score (nSPS) is 14.8. The Kier molecular flexibility index (Phi) is 6.18. The first kappa shape index (κ1) is 14.5. The van der Waals surface area contributed by atoms with Crippen molar-refractivity contribution < 1.29 is 14.7 Å². The molecule has 18 heavy (non-hydrogen) atoms. The second kappa shape index (κ2) is 7.68. The predicted octanol–water partition coefficient (Wildman–Crippen LogP) is 1.81. The lowest BCUT2D eigenvalue weighted by Gasteiger charge is -2.10. The Hall–Kier alpha value is -1.59. The maximum Gasteiger partial charge on any atom is 0.404 e. The molecule has 2 N–H and O–H groups in total. The third-order valence-electron chi connectivity index (χ3n) is 2.82. The molecule has 1 aliphatic rings. The molecular weight excluding hydrogens is 234 g/mol. The van der Waals surface area contributed by atoms with Crippen LogP contribution in [0.3, 0.4) is 0 Å². The Bertz CT molecular complexity index is 329. The molecule has 0 bridgehead atoms. The van der Waals surface area contributed by atoms with E-state index < -0.39 is 6.09 Å². The van der Waals surface area contributed by atoms with E-state index in [4.69, 9.17) is 5.11 Å². The van der Waals surface area contributed by atoms with Gasteiger partial charge in [-0.25, -0.2) is 9.80 Å². The van der Waals surface area contributed by atoms with E-state index in [1.165, 1.54) is 17.9 Å². The largest absolute Gasteiger partial charge is 0.465 e. The third kappa shape index (κ3) is 5.16. The SMILES string of the molecule is CCCCCCN1N=C(CCNC(=O)O)CC1=O. The number of unbranched alkanes of at least 4 members (excludes halogenated alkanes) is 3. The van der Waals surface area contributed by atoms with Gasteiger partial charge < -0.3 is 10.4 Å². The van der Waals surface area contributed by atoms with Gasteiger partial charge in [0.1, 0.15) is 0 Å². The molecule has 0 aromatic carbocycles. The van der Waals surface area contributed by atoms with Crippen LogP contribution in [0.5, 0.6) is 0 Å². The van der Waals surface area contributed by atoms with Gasteiger partial charge >= 0.3 is 6.09 Å². The van der Waals surface area contributed by atoms with Gasteiger partial charge in [0, 0.05) is 25.2 Å². The summed E-state index contributed by atoms with van der Waals surface area (Å²) in [6, 6.07) is 0. The predicted molar refractivity (Wildman–Crippen MR) is 68.6 cm³/mol. The van der Waals surface area contributed by atoms with Crippen molar-refractivity contribution in [3.63, 3.8) is 0 Å². The molecule has 1 rings (SSSR count). The van der Waals surface area contributed by atoms with Crippen molar-refractivity contribution in [3.8, 4) is 0 Å². The Labute approximate surface area is 107 Å². The van der Waals surface area contributed by atoms with Gasteiger partial charge in [0.25, 0.3) is 0 Å². The fourth-order valence-electron chi connectivity index (χ4n) is 1.84. The molecular formula is C12H21N3O3. The summed E-state index contributed by atoms with van der Waals surface area (Å²) in [5.74, 6) is 0.0248. The van der Waals surface area contributed by atoms with Crippen molar-refractivity contribution in [1.82, 2.24) is 10.3 Å². The van der Waals surface area contributed by atoms with E-state index in [-0.39, 0.29) is 5.91 Å². The minimum atomic E-state index is -1.05. The first-order valence-corrected chi connectivity index (χ1v) is 6.47. The molecule has 0 radical (unpaired) electrons. The van der Waals surface area contributed by atoms with Gasteiger partial charge in [0.15, 0.2) is 0 Å². The van der Waals surface area contributed by atoms with Crippen molar-refractivity contribution >= 4 is 17.7 Å². The zero-order chi connectivity index (χ0) is 13.4. The highest BCUT2D eigenvalue weighted by Crippen LogP contribution is 2.12. The van der Waals surface area contributed by atoms with E-state index >= 15 is 0 Å². The second-order valence-corrected chi connectivity index (χ2v) is 4.40. The monoisotopic (exact) mass is 255 g/mol. The van der Waals surface area contributed by atoms with E-state index in [2.05, 4.69) is 17.3 Å². The molecule has 0 fully saturated rings. The molecule has 0 saturated heterocycles. The van der Waals surface area contributed by atoms with E-state index in [9.17, 15) is 9.59 Å². The van der Waals surface area contributed by atoms with E-state index in [0.29, 0.717) is 25.9 Å². The van der Waals surface area contributed by atoms with Crippen LogP contribution < -0.4 is 5.32 Å². The van der Waals surface area contributed by atoms with Crippen molar-refractivity contribution in [2.24, 2.45) is 5.10 Å². The van der Waals surface area contributed by atoms with Crippen molar-refractivity contribution in [3.05, 3.63) is 0 Å². The number of carbonyl (C=O) groups is 2. The third-order valence-corrected chi connectivity index (χ3v) is 2.82. The summed E-state index contributed by atoms with van der Waals surface area (Å²) in [6.45, 7) is 3.13. The number of hydrogen-bond acceptors (Lipinski definition) is 3. The highest BCUT2D eigenvalue weighted by atomic mass is 16.4. The minimum absolute atomic E-state index is 0.0248. The topological polar surface area (TPSA) is 82.0 Å². The lowest BCUT2D eigenvalue weighted by atomic mass is 10.2. The molecule has 0 aromatic rings. The van der Waals surface area contributed by atoms with E-state index in [0.717, 1.165) is 18.6 Å². The lowest BCUT2D eigenvalue weighted by molar-refractivity contribution is -0.128. The van der Waals surface area contributed by atoms with Crippen LogP contribution in [0.25, 0.3) is 0 Å². The molecule has 102 valence electrons. The van der Waals surface area contributed by atoms with Crippen LogP contribution in [-0.2, 0) is 4.79 Å². The fourth-order valence-corrected chi connectivity index (χ4v) is 1.84. The Morgan fingerprint density at radius 3 is 2.89 bits per heavy atom. The van der Waals surface area contributed by atoms with Gasteiger partial charge in [0.2, 0.25) is 5.91 Å². The van der Waals surface area contributed by atoms with Crippen molar-refractivity contribution in [1.29, 1.82) is 0 Å². The van der Waals surface area contributed by atoms with Crippen molar-refractivity contribution in [2.75, 3.05) is 13.1 Å². The summed E-state index contributed by atoms with van der Waals surface area (Å²) in [6.07, 6.45) is 4.23. The van der Waals surface area contributed by atoms with E-state index in [1.54, 1.807) is 0 Å². The molecule has 6 heteroatoms. The molecule has 1 heterocycles. The summed E-state index contributed by atoms with van der Waals surface area (Å²) in [5, 5.41) is 16.4. The number of nitrogens with zero attached hydrogens (tertiary/aromatic N) is 2. The van der Waals surface area contributed by atoms with Crippen LogP contribution >= 0.6 is 0 Å². The number of amides is 2. The zero-order valence-corrected chi connectivity index (χ0v) is 10.8. The summed E-state index contributed by atoms with van der Waals surface area (Å²) in [4.78, 5) is 21.9. The Morgan fingerprint density at radius 2 is 2.22 bits per heavy atom. The molecule has 1 aliphatic heterocycles. The fraction of sp³-hybridized carbons (Fsp3) is 0.750. The average molecular weight is 255 g/mol. The maximum absolute atomic E-state index is 11.6. The summed E-state index contributed by atoms with van der Waals surface area (Å²) in [5.41, 5.74) is 0.768. The first-order chi connectivity index (χ1) is 8.63. The van der Waals surface area contributed by atoms with Crippen LogP contribution in [-0.4, -0.2) is 40.9 Å². The Morgan fingerprint density at radius 1 is 1.44 bits per heavy atom. The number of carboxylic acid groups (broad SMARTS) is 1. The second-order valence-electron chi connectivity index (χ2n) is 4.40. The van der Waals surface area contributed by atoms with Crippen LogP contribution in [0.2, 0.25) is 0 Å². The standard InChI is InChI=1S/C12H21N3O3/c1-2-3-4-5-8-15-11(16)9-10(14-15)6-7-13-12(17)18/h13H,2-9H2,1H3,(H,17,18). The molecule has 0 atom stereocenters. The zero-order valence-electron chi connectivity index (χ0n) is 10.8. The van der Waals surface area contributed by atoms with Gasteiger partial charge in [-0.1, -0.05) is 26.2 Å².